The number of aryl methyl sites for hydroxylation is 1. The van der Waals surface area contributed by atoms with Gasteiger partial charge in [0.1, 0.15) is 21.5 Å². The number of methoxy groups -OCH3 is 1. The molecule has 176 valence electrons. The summed E-state index contributed by atoms with van der Waals surface area (Å²) in [7, 11) is 3.07. The van der Waals surface area contributed by atoms with Gasteiger partial charge >= 0.3 is 6.18 Å². The van der Waals surface area contributed by atoms with Gasteiger partial charge in [-0.2, -0.15) is 13.2 Å². The molecule has 0 fully saturated rings. The lowest BCUT2D eigenvalue weighted by Gasteiger charge is -2.36. The van der Waals surface area contributed by atoms with Crippen molar-refractivity contribution < 1.29 is 27.4 Å². The molecule has 1 aliphatic rings. The summed E-state index contributed by atoms with van der Waals surface area (Å²) >= 11 is 4.57. The Morgan fingerprint density at radius 3 is 2.64 bits per heavy atom. The SMILES string of the molecule is CCC1(CC)Oc2cc(C(F)(F)F)ccc2-c2nc(NC(=O)c3c(OC)nn(C)c3Br)sc21. The van der Waals surface area contributed by atoms with E-state index in [0.717, 1.165) is 17.0 Å². The Hall–Kier alpha value is -2.60. The van der Waals surface area contributed by atoms with Gasteiger partial charge in [0.2, 0.25) is 5.88 Å². The number of fused-ring (bicyclic) bond motifs is 3. The van der Waals surface area contributed by atoms with E-state index in [9.17, 15) is 18.0 Å². The summed E-state index contributed by atoms with van der Waals surface area (Å²) in [4.78, 5) is 18.3. The third-order valence-corrected chi connectivity index (χ3v) is 7.70. The molecule has 7 nitrogen and oxygen atoms in total. The second kappa shape index (κ2) is 8.32. The maximum Gasteiger partial charge on any atom is 0.416 e. The van der Waals surface area contributed by atoms with Crippen LogP contribution in [0.25, 0.3) is 11.3 Å². The summed E-state index contributed by atoms with van der Waals surface area (Å²) in [5.41, 5.74) is -0.474. The number of aromatic nitrogens is 3. The minimum absolute atomic E-state index is 0.126. The van der Waals surface area contributed by atoms with Crippen LogP contribution in [-0.4, -0.2) is 27.8 Å². The number of carbonyl (C=O) groups excluding carboxylic acids is 1. The maximum atomic E-state index is 13.3. The van der Waals surface area contributed by atoms with Crippen molar-refractivity contribution in [3.05, 3.63) is 38.8 Å². The number of halogens is 4. The normalized spacial score (nSPS) is 14.3. The minimum Gasteiger partial charge on any atom is -0.481 e. The van der Waals surface area contributed by atoms with E-state index in [2.05, 4.69) is 31.3 Å². The van der Waals surface area contributed by atoms with E-state index in [1.54, 1.807) is 7.05 Å². The lowest BCUT2D eigenvalue weighted by Crippen LogP contribution is -2.34. The molecule has 0 spiro atoms. The molecular weight excluding hydrogens is 525 g/mol. The molecule has 1 N–H and O–H groups in total. The molecule has 3 heterocycles. The molecule has 0 aliphatic carbocycles. The molecule has 0 radical (unpaired) electrons. The van der Waals surface area contributed by atoms with Crippen molar-refractivity contribution in [2.75, 3.05) is 12.4 Å². The Kier molecular flexibility index (Phi) is 5.94. The fraction of sp³-hybridized carbons (Fsp3) is 0.381. The van der Waals surface area contributed by atoms with Crippen LogP contribution in [0.2, 0.25) is 0 Å². The van der Waals surface area contributed by atoms with Gasteiger partial charge in [0.25, 0.3) is 5.91 Å². The fourth-order valence-corrected chi connectivity index (χ4v) is 5.46. The van der Waals surface area contributed by atoms with Crippen LogP contribution in [0.15, 0.2) is 22.8 Å². The van der Waals surface area contributed by atoms with Gasteiger partial charge in [-0.15, -0.1) is 5.10 Å². The molecule has 1 aliphatic heterocycles. The van der Waals surface area contributed by atoms with Crippen LogP contribution in [0.5, 0.6) is 11.6 Å². The van der Waals surface area contributed by atoms with Crippen LogP contribution in [0.3, 0.4) is 0 Å². The number of rotatable bonds is 5. The van der Waals surface area contributed by atoms with Gasteiger partial charge in [0.05, 0.1) is 23.2 Å². The van der Waals surface area contributed by atoms with E-state index in [-0.39, 0.29) is 17.2 Å². The number of alkyl halides is 3. The van der Waals surface area contributed by atoms with E-state index >= 15 is 0 Å². The number of nitrogens with zero attached hydrogens (tertiary/aromatic N) is 3. The lowest BCUT2D eigenvalue weighted by atomic mass is 9.89. The summed E-state index contributed by atoms with van der Waals surface area (Å²) in [6, 6.07) is 3.37. The highest BCUT2D eigenvalue weighted by Gasteiger charge is 2.43. The first-order valence-electron chi connectivity index (χ1n) is 10.0. The molecule has 1 amide bonds. The molecule has 12 heteroatoms. The Labute approximate surface area is 200 Å². The summed E-state index contributed by atoms with van der Waals surface area (Å²) in [6.07, 6.45) is -3.45. The van der Waals surface area contributed by atoms with E-state index in [1.165, 1.54) is 29.2 Å². The molecule has 2 aromatic heterocycles. The number of ether oxygens (including phenoxy) is 2. The van der Waals surface area contributed by atoms with Gasteiger partial charge in [0.15, 0.2) is 5.13 Å². The number of amides is 1. The highest BCUT2D eigenvalue weighted by molar-refractivity contribution is 9.10. The molecule has 0 saturated carbocycles. The van der Waals surface area contributed by atoms with Gasteiger partial charge in [-0.05, 0) is 47.0 Å². The second-order valence-electron chi connectivity index (χ2n) is 7.46. The van der Waals surface area contributed by atoms with Crippen LogP contribution in [0.4, 0.5) is 18.3 Å². The predicted molar refractivity (Wildman–Crippen MR) is 121 cm³/mol. The summed E-state index contributed by atoms with van der Waals surface area (Å²) in [5.74, 6) is -0.209. The average molecular weight is 545 g/mol. The van der Waals surface area contributed by atoms with Crippen LogP contribution in [0.1, 0.15) is 47.5 Å². The van der Waals surface area contributed by atoms with Crippen molar-refractivity contribution in [2.45, 2.75) is 38.5 Å². The first-order valence-corrected chi connectivity index (χ1v) is 11.6. The number of benzene rings is 1. The van der Waals surface area contributed by atoms with Gasteiger partial charge in [0, 0.05) is 12.6 Å². The monoisotopic (exact) mass is 544 g/mol. The molecular formula is C21H20BrF3N4O3S. The van der Waals surface area contributed by atoms with E-state index in [0.29, 0.717) is 33.8 Å². The molecule has 0 saturated heterocycles. The van der Waals surface area contributed by atoms with Crippen LogP contribution >= 0.6 is 27.3 Å². The van der Waals surface area contributed by atoms with Crippen molar-refractivity contribution in [1.29, 1.82) is 0 Å². The van der Waals surface area contributed by atoms with E-state index < -0.39 is 23.2 Å². The van der Waals surface area contributed by atoms with Gasteiger partial charge in [-0.25, -0.2) is 4.98 Å². The van der Waals surface area contributed by atoms with E-state index in [1.807, 2.05) is 13.8 Å². The zero-order valence-corrected chi connectivity index (χ0v) is 20.5. The van der Waals surface area contributed by atoms with Crippen molar-refractivity contribution in [2.24, 2.45) is 7.05 Å². The number of carbonyl (C=O) groups is 1. The molecule has 0 unspecified atom stereocenters. The molecule has 4 rings (SSSR count). The quantitative estimate of drug-likeness (QED) is 0.426. The summed E-state index contributed by atoms with van der Waals surface area (Å²) < 4.78 is 53.1. The number of nitrogens with one attached hydrogen (secondary N) is 1. The van der Waals surface area contributed by atoms with Crippen molar-refractivity contribution in [1.82, 2.24) is 14.8 Å². The average Bonchev–Trinajstić information content (AvgIpc) is 3.33. The Morgan fingerprint density at radius 2 is 2.03 bits per heavy atom. The van der Waals surface area contributed by atoms with E-state index in [4.69, 9.17) is 9.47 Å². The summed E-state index contributed by atoms with van der Waals surface area (Å²) in [5, 5.41) is 7.18. The highest BCUT2D eigenvalue weighted by Crippen LogP contribution is 2.52. The topological polar surface area (TPSA) is 78.3 Å². The Bertz CT molecular complexity index is 1230. The van der Waals surface area contributed by atoms with Crippen LogP contribution in [-0.2, 0) is 18.8 Å². The predicted octanol–water partition coefficient (Wildman–Crippen LogP) is 5.99. The standard InChI is InChI=1S/C21H20BrF3N4O3S/c1-5-20(6-2)15-14(11-8-7-10(21(23,24)25)9-12(11)32-20)26-19(33-15)27-17(30)13-16(22)29(3)28-18(13)31-4/h7-9H,5-6H2,1-4H3,(H,26,27,30). The van der Waals surface area contributed by atoms with Crippen LogP contribution < -0.4 is 14.8 Å². The first kappa shape index (κ1) is 23.6. The molecule has 3 aromatic rings. The number of hydrogen-bond acceptors (Lipinski definition) is 6. The van der Waals surface area contributed by atoms with Gasteiger partial charge < -0.3 is 9.47 Å². The highest BCUT2D eigenvalue weighted by atomic mass is 79.9. The molecule has 1 aromatic carbocycles. The zero-order valence-electron chi connectivity index (χ0n) is 18.1. The lowest BCUT2D eigenvalue weighted by molar-refractivity contribution is -0.137. The third kappa shape index (κ3) is 3.88. The minimum atomic E-state index is -4.49. The van der Waals surface area contributed by atoms with Crippen molar-refractivity contribution in [3.63, 3.8) is 0 Å². The smallest absolute Gasteiger partial charge is 0.416 e. The van der Waals surface area contributed by atoms with Gasteiger partial charge in [-0.1, -0.05) is 25.2 Å². The molecule has 0 bridgehead atoms. The van der Waals surface area contributed by atoms with Crippen LogP contribution in [0, 0.1) is 0 Å². The zero-order chi connectivity index (χ0) is 24.1. The second-order valence-corrected chi connectivity index (χ2v) is 9.21. The number of thiazole rings is 1. The Balaban J connectivity index is 1.78. The largest absolute Gasteiger partial charge is 0.481 e. The van der Waals surface area contributed by atoms with Crippen molar-refractivity contribution in [3.8, 4) is 22.9 Å². The van der Waals surface area contributed by atoms with Crippen molar-refractivity contribution >= 4 is 38.3 Å². The molecule has 0 atom stereocenters. The van der Waals surface area contributed by atoms with Gasteiger partial charge in [-0.3, -0.25) is 14.8 Å². The number of anilines is 1. The number of hydrogen-bond donors (Lipinski definition) is 1. The first-order chi connectivity index (χ1) is 15.5. The maximum absolute atomic E-state index is 13.3. The molecule has 33 heavy (non-hydrogen) atoms. The fourth-order valence-electron chi connectivity index (χ4n) is 3.79. The third-order valence-electron chi connectivity index (χ3n) is 5.64. The Morgan fingerprint density at radius 1 is 1.33 bits per heavy atom. The summed E-state index contributed by atoms with van der Waals surface area (Å²) in [6.45, 7) is 3.81.